The minimum atomic E-state index is -0.838. The van der Waals surface area contributed by atoms with E-state index in [2.05, 4.69) is 15.6 Å². The zero-order valence-corrected chi connectivity index (χ0v) is 19.4. The molecule has 0 unspecified atom stereocenters. The van der Waals surface area contributed by atoms with Gasteiger partial charge in [-0.25, -0.2) is 4.79 Å². The van der Waals surface area contributed by atoms with Gasteiger partial charge in [-0.3, -0.25) is 9.78 Å². The lowest BCUT2D eigenvalue weighted by atomic mass is 10.0. The number of pyridine rings is 1. The van der Waals surface area contributed by atoms with Gasteiger partial charge in [-0.1, -0.05) is 30.3 Å². The zero-order valence-electron chi connectivity index (χ0n) is 19.4. The highest BCUT2D eigenvalue weighted by Gasteiger charge is 2.25. The fourth-order valence-corrected chi connectivity index (χ4v) is 3.35. The molecule has 172 valence electrons. The lowest BCUT2D eigenvalue weighted by molar-refractivity contribution is -0.118. The largest absolute Gasteiger partial charge is 0.444 e. The number of hydrogen-bond donors (Lipinski definition) is 3. The van der Waals surface area contributed by atoms with Crippen molar-refractivity contribution in [2.45, 2.75) is 45.8 Å². The lowest BCUT2D eigenvalue weighted by Crippen LogP contribution is -2.47. The molecule has 0 aliphatic rings. The van der Waals surface area contributed by atoms with Crippen LogP contribution >= 0.6 is 0 Å². The molecule has 3 rings (SSSR count). The summed E-state index contributed by atoms with van der Waals surface area (Å²) in [4.78, 5) is 29.8. The molecule has 1 heterocycles. The SMILES string of the molecule is Cc1cc(-c2cc(N)cc(NC(=O)[C@H](Cc3ccccc3)NC(=O)OC(C)(C)C)c2)ccn1. The van der Waals surface area contributed by atoms with Crippen LogP contribution in [0.15, 0.2) is 66.9 Å². The summed E-state index contributed by atoms with van der Waals surface area (Å²) in [7, 11) is 0. The van der Waals surface area contributed by atoms with Crippen LogP contribution in [0.3, 0.4) is 0 Å². The van der Waals surface area contributed by atoms with Crippen molar-refractivity contribution in [1.29, 1.82) is 0 Å². The maximum Gasteiger partial charge on any atom is 0.408 e. The molecule has 0 spiro atoms. The van der Waals surface area contributed by atoms with Crippen LogP contribution in [0.4, 0.5) is 16.2 Å². The standard InChI is InChI=1S/C26H30N4O3/c1-17-12-19(10-11-28-17)20-14-21(27)16-22(15-20)29-24(31)23(13-18-8-6-5-7-9-18)30-25(32)33-26(2,3)4/h5-12,14-16,23H,13,27H2,1-4H3,(H,29,31)(H,30,32)/t23-/m0/s1. The number of nitrogens with zero attached hydrogens (tertiary/aromatic N) is 1. The van der Waals surface area contributed by atoms with Gasteiger partial charge in [0.05, 0.1) is 0 Å². The monoisotopic (exact) mass is 446 g/mol. The molecule has 2 amide bonds. The smallest absolute Gasteiger partial charge is 0.408 e. The quantitative estimate of drug-likeness (QED) is 0.475. The fraction of sp³-hybridized carbons (Fsp3) is 0.269. The number of aryl methyl sites for hydroxylation is 1. The van der Waals surface area contributed by atoms with Gasteiger partial charge in [-0.15, -0.1) is 0 Å². The van der Waals surface area contributed by atoms with Crippen LogP contribution in [0.2, 0.25) is 0 Å². The van der Waals surface area contributed by atoms with Crippen molar-refractivity contribution >= 4 is 23.4 Å². The van der Waals surface area contributed by atoms with Gasteiger partial charge in [0.15, 0.2) is 0 Å². The molecular weight excluding hydrogens is 416 g/mol. The Morgan fingerprint density at radius 1 is 1.03 bits per heavy atom. The Hall–Kier alpha value is -3.87. The van der Waals surface area contributed by atoms with E-state index >= 15 is 0 Å². The van der Waals surface area contributed by atoms with E-state index in [1.807, 2.05) is 61.5 Å². The van der Waals surface area contributed by atoms with Gasteiger partial charge >= 0.3 is 6.09 Å². The fourth-order valence-electron chi connectivity index (χ4n) is 3.35. The highest BCUT2D eigenvalue weighted by Crippen LogP contribution is 2.26. The van der Waals surface area contributed by atoms with Crippen LogP contribution < -0.4 is 16.4 Å². The second-order valence-electron chi connectivity index (χ2n) is 8.91. The second kappa shape index (κ2) is 10.2. The van der Waals surface area contributed by atoms with E-state index < -0.39 is 17.7 Å². The molecule has 3 aromatic rings. The van der Waals surface area contributed by atoms with E-state index in [0.717, 1.165) is 22.4 Å². The summed E-state index contributed by atoms with van der Waals surface area (Å²) in [6.45, 7) is 7.23. The average Bonchev–Trinajstić information content (AvgIpc) is 2.72. The number of nitrogen functional groups attached to an aromatic ring is 1. The molecule has 1 aromatic heterocycles. The van der Waals surface area contributed by atoms with E-state index in [0.29, 0.717) is 17.8 Å². The predicted octanol–water partition coefficient (Wildman–Crippen LogP) is 4.71. The number of aromatic nitrogens is 1. The van der Waals surface area contributed by atoms with Gasteiger partial charge in [-0.2, -0.15) is 0 Å². The molecule has 0 saturated carbocycles. The first-order valence-corrected chi connectivity index (χ1v) is 10.8. The summed E-state index contributed by atoms with van der Waals surface area (Å²) in [6.07, 6.45) is 1.39. The van der Waals surface area contributed by atoms with E-state index in [9.17, 15) is 9.59 Å². The molecular formula is C26H30N4O3. The predicted molar refractivity (Wildman–Crippen MR) is 131 cm³/mol. The average molecular weight is 447 g/mol. The Labute approximate surface area is 194 Å². The second-order valence-corrected chi connectivity index (χ2v) is 8.91. The molecule has 0 radical (unpaired) electrons. The molecule has 1 atom stereocenters. The first-order valence-electron chi connectivity index (χ1n) is 10.8. The zero-order chi connectivity index (χ0) is 24.0. The molecule has 7 nitrogen and oxygen atoms in total. The molecule has 4 N–H and O–H groups in total. The highest BCUT2D eigenvalue weighted by atomic mass is 16.6. The Bertz CT molecular complexity index is 1120. The number of ether oxygens (including phenoxy) is 1. The number of rotatable bonds is 6. The van der Waals surface area contributed by atoms with Crippen molar-refractivity contribution in [3.8, 4) is 11.1 Å². The van der Waals surface area contributed by atoms with Crippen molar-refractivity contribution in [3.05, 3.63) is 78.1 Å². The Morgan fingerprint density at radius 2 is 1.76 bits per heavy atom. The third-order valence-electron chi connectivity index (χ3n) is 4.74. The first kappa shape index (κ1) is 23.8. The maximum atomic E-state index is 13.2. The lowest BCUT2D eigenvalue weighted by Gasteiger charge is -2.23. The van der Waals surface area contributed by atoms with Gasteiger partial charge in [0.2, 0.25) is 5.91 Å². The number of amides is 2. The van der Waals surface area contributed by atoms with Gasteiger partial charge < -0.3 is 21.1 Å². The van der Waals surface area contributed by atoms with Crippen molar-refractivity contribution in [2.24, 2.45) is 0 Å². The summed E-state index contributed by atoms with van der Waals surface area (Å²) < 4.78 is 5.36. The molecule has 0 bridgehead atoms. The van der Waals surface area contributed by atoms with Crippen LogP contribution in [0.5, 0.6) is 0 Å². The normalized spacial score (nSPS) is 12.0. The molecule has 2 aromatic carbocycles. The summed E-state index contributed by atoms with van der Waals surface area (Å²) >= 11 is 0. The molecule has 0 saturated heterocycles. The van der Waals surface area contributed by atoms with E-state index in [1.165, 1.54) is 0 Å². The molecule has 7 heteroatoms. The summed E-state index contributed by atoms with van der Waals surface area (Å²) in [5.41, 5.74) is 10.1. The minimum Gasteiger partial charge on any atom is -0.444 e. The van der Waals surface area contributed by atoms with Crippen molar-refractivity contribution < 1.29 is 14.3 Å². The van der Waals surface area contributed by atoms with Crippen LogP contribution in [-0.4, -0.2) is 28.6 Å². The maximum absolute atomic E-state index is 13.2. The van der Waals surface area contributed by atoms with Gasteiger partial charge in [0.1, 0.15) is 11.6 Å². The Morgan fingerprint density at radius 3 is 2.42 bits per heavy atom. The van der Waals surface area contributed by atoms with Gasteiger partial charge in [0, 0.05) is 29.7 Å². The van der Waals surface area contributed by atoms with Crippen molar-refractivity contribution in [3.63, 3.8) is 0 Å². The van der Waals surface area contributed by atoms with Crippen LogP contribution in [0.25, 0.3) is 11.1 Å². The first-order chi connectivity index (χ1) is 15.6. The molecule has 33 heavy (non-hydrogen) atoms. The number of carbonyl (C=O) groups is 2. The number of nitrogens with two attached hydrogens (primary N) is 1. The number of benzene rings is 2. The van der Waals surface area contributed by atoms with Crippen LogP contribution in [-0.2, 0) is 16.0 Å². The van der Waals surface area contributed by atoms with E-state index in [-0.39, 0.29) is 5.91 Å². The molecule has 0 aliphatic carbocycles. The molecule has 0 fully saturated rings. The Balaban J connectivity index is 1.83. The number of nitrogens with one attached hydrogen (secondary N) is 2. The van der Waals surface area contributed by atoms with Crippen molar-refractivity contribution in [2.75, 3.05) is 11.1 Å². The van der Waals surface area contributed by atoms with E-state index in [1.54, 1.807) is 33.0 Å². The number of hydrogen-bond acceptors (Lipinski definition) is 5. The van der Waals surface area contributed by atoms with Crippen molar-refractivity contribution in [1.82, 2.24) is 10.3 Å². The number of carbonyl (C=O) groups excluding carboxylic acids is 2. The number of alkyl carbamates (subject to hydrolysis) is 1. The summed E-state index contributed by atoms with van der Waals surface area (Å²) in [5.74, 6) is -0.368. The van der Waals surface area contributed by atoms with E-state index in [4.69, 9.17) is 10.5 Å². The van der Waals surface area contributed by atoms with Crippen LogP contribution in [0, 0.1) is 6.92 Å². The third kappa shape index (κ3) is 7.35. The minimum absolute atomic E-state index is 0.310. The van der Waals surface area contributed by atoms with Crippen LogP contribution in [0.1, 0.15) is 32.0 Å². The summed E-state index contributed by atoms with van der Waals surface area (Å²) in [5, 5.41) is 5.59. The Kier molecular flexibility index (Phi) is 7.33. The van der Waals surface area contributed by atoms with Gasteiger partial charge in [-0.05, 0) is 74.7 Å². The third-order valence-corrected chi connectivity index (χ3v) is 4.74. The topological polar surface area (TPSA) is 106 Å². The summed E-state index contributed by atoms with van der Waals surface area (Å²) in [6, 6.07) is 17.8. The number of anilines is 2. The molecule has 0 aliphatic heterocycles. The highest BCUT2D eigenvalue weighted by molar-refractivity contribution is 5.97. The van der Waals surface area contributed by atoms with Gasteiger partial charge in [0.25, 0.3) is 0 Å².